The van der Waals surface area contributed by atoms with E-state index >= 15 is 0 Å². The zero-order chi connectivity index (χ0) is 21.9. The molecular formula is C28H39FN2+2. The van der Waals surface area contributed by atoms with Crippen LogP contribution in [0, 0.1) is 5.82 Å². The number of pyridine rings is 2. The minimum atomic E-state index is -0.151. The molecule has 2 heterocycles. The summed E-state index contributed by atoms with van der Waals surface area (Å²) in [5, 5.41) is 2.06. The summed E-state index contributed by atoms with van der Waals surface area (Å²) >= 11 is 0. The highest BCUT2D eigenvalue weighted by Crippen LogP contribution is 2.26. The van der Waals surface area contributed by atoms with Gasteiger partial charge in [-0.15, -0.1) is 0 Å². The number of rotatable bonds is 13. The molecule has 0 radical (unpaired) electrons. The van der Waals surface area contributed by atoms with Gasteiger partial charge in [-0.2, -0.15) is 0 Å². The van der Waals surface area contributed by atoms with Crippen LogP contribution in [0.15, 0.2) is 55.1 Å². The first-order chi connectivity index (χ1) is 15.2. The number of hydrogen-bond donors (Lipinski definition) is 0. The third-order valence-electron chi connectivity index (χ3n) is 6.17. The fourth-order valence-corrected chi connectivity index (χ4v) is 4.20. The number of aryl methyl sites for hydroxylation is 2. The fraction of sp³-hybridized carbons (Fsp3) is 0.500. The quantitative estimate of drug-likeness (QED) is 0.204. The van der Waals surface area contributed by atoms with E-state index in [0.29, 0.717) is 5.56 Å². The summed E-state index contributed by atoms with van der Waals surface area (Å²) < 4.78 is 19.3. The summed E-state index contributed by atoms with van der Waals surface area (Å²) in [7, 11) is 0. The molecule has 0 fully saturated rings. The topological polar surface area (TPSA) is 7.76 Å². The number of nitrogens with zero attached hydrogens (tertiary/aromatic N) is 2. The Kier molecular flexibility index (Phi) is 9.45. The van der Waals surface area contributed by atoms with Gasteiger partial charge in [0.1, 0.15) is 18.9 Å². The van der Waals surface area contributed by atoms with Gasteiger partial charge in [-0.25, -0.2) is 13.5 Å². The van der Waals surface area contributed by atoms with Crippen LogP contribution in [0.2, 0.25) is 0 Å². The molecule has 0 amide bonds. The molecule has 0 aliphatic heterocycles. The third kappa shape index (κ3) is 7.12. The van der Waals surface area contributed by atoms with Crippen molar-refractivity contribution in [2.24, 2.45) is 0 Å². The van der Waals surface area contributed by atoms with E-state index < -0.39 is 0 Å². The Morgan fingerprint density at radius 1 is 0.645 bits per heavy atom. The van der Waals surface area contributed by atoms with E-state index in [-0.39, 0.29) is 5.82 Å². The van der Waals surface area contributed by atoms with E-state index in [4.69, 9.17) is 0 Å². The van der Waals surface area contributed by atoms with Crippen molar-refractivity contribution in [1.82, 2.24) is 0 Å². The van der Waals surface area contributed by atoms with Crippen molar-refractivity contribution >= 4 is 10.8 Å². The first-order valence-electron chi connectivity index (χ1n) is 12.3. The predicted octanol–water partition coefficient (Wildman–Crippen LogP) is 7.16. The monoisotopic (exact) mass is 422 g/mol. The molecule has 31 heavy (non-hydrogen) atoms. The number of unbranched alkanes of at least 4 members (excludes halogenated alkanes) is 8. The van der Waals surface area contributed by atoms with Crippen molar-refractivity contribution in [2.75, 3.05) is 0 Å². The largest absolute Gasteiger partial charge is 0.206 e. The number of aromatic nitrogens is 2. The van der Waals surface area contributed by atoms with Crippen LogP contribution in [0.1, 0.15) is 78.1 Å². The van der Waals surface area contributed by atoms with Gasteiger partial charge in [0.2, 0.25) is 0 Å². The smallest absolute Gasteiger partial charge is 0.176 e. The van der Waals surface area contributed by atoms with Gasteiger partial charge in [0.05, 0.1) is 0 Å². The van der Waals surface area contributed by atoms with Crippen molar-refractivity contribution < 1.29 is 13.5 Å². The maximum absolute atomic E-state index is 14.8. The van der Waals surface area contributed by atoms with E-state index in [2.05, 4.69) is 47.8 Å². The third-order valence-corrected chi connectivity index (χ3v) is 6.17. The van der Waals surface area contributed by atoms with Crippen LogP contribution in [0.3, 0.4) is 0 Å². The van der Waals surface area contributed by atoms with Crippen LogP contribution in [-0.4, -0.2) is 0 Å². The van der Waals surface area contributed by atoms with Gasteiger partial charge in [0, 0.05) is 42.0 Å². The van der Waals surface area contributed by atoms with Crippen LogP contribution in [-0.2, 0) is 13.1 Å². The number of fused-ring (bicyclic) bond motifs is 1. The molecule has 2 aromatic heterocycles. The standard InChI is InChI=1S/C28H39FN2/c1-3-5-7-9-11-16-30-18-13-24(14-19-30)27-21-26-23-31(17-12-10-8-6-4-2)20-15-25(26)22-28(27)29/h13-15,18-23H,3-12,16-17H2,1-2H3/q+2. The molecule has 166 valence electrons. The van der Waals surface area contributed by atoms with Gasteiger partial charge in [-0.3, -0.25) is 0 Å². The molecule has 3 rings (SSSR count). The van der Waals surface area contributed by atoms with Gasteiger partial charge < -0.3 is 0 Å². The average molecular weight is 423 g/mol. The molecule has 2 nitrogen and oxygen atoms in total. The molecule has 0 unspecified atom stereocenters. The minimum Gasteiger partial charge on any atom is -0.206 e. The molecule has 3 heteroatoms. The molecule has 0 bridgehead atoms. The molecule has 0 aliphatic rings. The Morgan fingerprint density at radius 3 is 1.87 bits per heavy atom. The summed E-state index contributed by atoms with van der Waals surface area (Å²) in [4.78, 5) is 0. The lowest BCUT2D eigenvalue weighted by molar-refractivity contribution is -0.697. The second kappa shape index (κ2) is 12.5. The highest BCUT2D eigenvalue weighted by Gasteiger charge is 2.12. The number of benzene rings is 1. The molecule has 0 atom stereocenters. The van der Waals surface area contributed by atoms with Crippen molar-refractivity contribution in [2.45, 2.75) is 91.1 Å². The second-order valence-corrected chi connectivity index (χ2v) is 8.80. The van der Waals surface area contributed by atoms with Gasteiger partial charge >= 0.3 is 0 Å². The summed E-state index contributed by atoms with van der Waals surface area (Å²) in [5.41, 5.74) is 1.62. The van der Waals surface area contributed by atoms with E-state index in [1.165, 1.54) is 64.2 Å². The Balaban J connectivity index is 1.67. The van der Waals surface area contributed by atoms with Crippen LogP contribution in [0.4, 0.5) is 4.39 Å². The van der Waals surface area contributed by atoms with Gasteiger partial charge in [0.25, 0.3) is 0 Å². The molecule has 0 saturated heterocycles. The van der Waals surface area contributed by atoms with E-state index in [1.807, 2.05) is 24.3 Å². The average Bonchev–Trinajstić information content (AvgIpc) is 2.79. The Bertz CT molecular complexity index is 934. The minimum absolute atomic E-state index is 0.151. The highest BCUT2D eigenvalue weighted by atomic mass is 19.1. The fourth-order valence-electron chi connectivity index (χ4n) is 4.20. The zero-order valence-electron chi connectivity index (χ0n) is 19.5. The van der Waals surface area contributed by atoms with E-state index in [0.717, 1.165) is 29.4 Å². The van der Waals surface area contributed by atoms with Crippen molar-refractivity contribution in [3.05, 3.63) is 60.9 Å². The summed E-state index contributed by atoms with van der Waals surface area (Å²) in [6.45, 7) is 6.54. The molecule has 0 saturated carbocycles. The Hall–Kier alpha value is -2.29. The molecule has 0 aliphatic carbocycles. The highest BCUT2D eigenvalue weighted by molar-refractivity contribution is 5.86. The first kappa shape index (κ1) is 23.4. The van der Waals surface area contributed by atoms with Crippen LogP contribution >= 0.6 is 0 Å². The van der Waals surface area contributed by atoms with Crippen molar-refractivity contribution in [3.8, 4) is 11.1 Å². The van der Waals surface area contributed by atoms with Crippen molar-refractivity contribution in [3.63, 3.8) is 0 Å². The lowest BCUT2D eigenvalue weighted by Gasteiger charge is -2.06. The normalized spacial score (nSPS) is 11.3. The summed E-state index contributed by atoms with van der Waals surface area (Å²) in [6, 6.07) is 9.79. The van der Waals surface area contributed by atoms with Gasteiger partial charge in [-0.1, -0.05) is 52.4 Å². The maximum Gasteiger partial charge on any atom is 0.176 e. The van der Waals surface area contributed by atoms with Crippen LogP contribution in [0.5, 0.6) is 0 Å². The predicted molar refractivity (Wildman–Crippen MR) is 127 cm³/mol. The number of halogens is 1. The second-order valence-electron chi connectivity index (χ2n) is 8.80. The maximum atomic E-state index is 14.8. The van der Waals surface area contributed by atoms with Gasteiger partial charge in [-0.05, 0) is 35.9 Å². The summed E-state index contributed by atoms with van der Waals surface area (Å²) in [6.07, 6.45) is 21.2. The molecule has 0 spiro atoms. The van der Waals surface area contributed by atoms with E-state index in [9.17, 15) is 4.39 Å². The zero-order valence-corrected chi connectivity index (χ0v) is 19.5. The molecule has 3 aromatic rings. The Morgan fingerprint density at radius 2 is 1.23 bits per heavy atom. The molecule has 0 N–H and O–H groups in total. The van der Waals surface area contributed by atoms with Gasteiger partial charge in [0.15, 0.2) is 24.8 Å². The number of hydrogen-bond acceptors (Lipinski definition) is 0. The molecule has 1 aromatic carbocycles. The lowest BCUT2D eigenvalue weighted by atomic mass is 10.0. The van der Waals surface area contributed by atoms with Crippen molar-refractivity contribution in [1.29, 1.82) is 0 Å². The van der Waals surface area contributed by atoms with Crippen LogP contribution in [0.25, 0.3) is 21.9 Å². The van der Waals surface area contributed by atoms with Crippen LogP contribution < -0.4 is 9.13 Å². The molecular weight excluding hydrogens is 383 g/mol. The first-order valence-corrected chi connectivity index (χ1v) is 12.3. The van der Waals surface area contributed by atoms with E-state index in [1.54, 1.807) is 6.07 Å². The Labute approximate surface area is 187 Å². The summed E-state index contributed by atoms with van der Waals surface area (Å²) in [5.74, 6) is -0.151. The lowest BCUT2D eigenvalue weighted by Crippen LogP contribution is -2.32. The SMILES string of the molecule is CCCCCCC[n+]1ccc(-c2cc3c[n+](CCCCCCC)ccc3cc2F)cc1.